The lowest BCUT2D eigenvalue weighted by Crippen LogP contribution is -2.43. The minimum atomic E-state index is -4.86. The van der Waals surface area contributed by atoms with Crippen LogP contribution in [0.2, 0.25) is 0 Å². The van der Waals surface area contributed by atoms with Gasteiger partial charge in [-0.3, -0.25) is 9.59 Å². The van der Waals surface area contributed by atoms with Gasteiger partial charge in [0.05, 0.1) is 45.9 Å². The molecular formula is C19H13F3N2O5. The molecule has 3 aliphatic rings. The van der Waals surface area contributed by atoms with Crippen LogP contribution in [0.1, 0.15) is 25.0 Å². The number of carboxylic acids is 1. The van der Waals surface area contributed by atoms with Gasteiger partial charge in [0, 0.05) is 0 Å². The maximum absolute atomic E-state index is 13.3. The summed E-state index contributed by atoms with van der Waals surface area (Å²) >= 11 is 0. The lowest BCUT2D eigenvalue weighted by atomic mass is 9.69. The van der Waals surface area contributed by atoms with Crippen LogP contribution in [0.25, 0.3) is 0 Å². The second-order valence-corrected chi connectivity index (χ2v) is 7.56. The summed E-state index contributed by atoms with van der Waals surface area (Å²) in [6, 6.07) is 3.99. The molecule has 0 unspecified atom stereocenters. The van der Waals surface area contributed by atoms with Gasteiger partial charge >= 0.3 is 12.1 Å². The highest BCUT2D eigenvalue weighted by atomic mass is 19.4. The van der Waals surface area contributed by atoms with Crippen LogP contribution in [0.4, 0.5) is 18.9 Å². The van der Waals surface area contributed by atoms with Crippen LogP contribution < -0.4 is 4.90 Å². The SMILES string of the molecule is C[C@]12C=C(C(=O)O)[C@](C)(O1)[C@@H]1C(=O)N(c3ccc(C#N)c(C(F)(F)F)c3)C(=O)[C@@H]12. The largest absolute Gasteiger partial charge is 0.478 e. The third-order valence-electron chi connectivity index (χ3n) is 5.83. The van der Waals surface area contributed by atoms with Gasteiger partial charge < -0.3 is 9.84 Å². The number of fused-ring (bicyclic) bond motifs is 5. The van der Waals surface area contributed by atoms with Gasteiger partial charge in [-0.05, 0) is 38.1 Å². The zero-order valence-corrected chi connectivity index (χ0v) is 15.1. The summed E-state index contributed by atoms with van der Waals surface area (Å²) < 4.78 is 45.6. The molecule has 0 radical (unpaired) electrons. The summed E-state index contributed by atoms with van der Waals surface area (Å²) in [7, 11) is 0. The molecule has 3 heterocycles. The number of nitriles is 1. The van der Waals surface area contributed by atoms with Crippen LogP contribution in [-0.2, 0) is 25.3 Å². The van der Waals surface area contributed by atoms with E-state index in [4.69, 9.17) is 10.00 Å². The van der Waals surface area contributed by atoms with Crippen LogP contribution in [0, 0.1) is 23.2 Å². The predicted octanol–water partition coefficient (Wildman–Crippen LogP) is 2.25. The fraction of sp³-hybridized carbons (Fsp3) is 0.368. The summed E-state index contributed by atoms with van der Waals surface area (Å²) in [4.78, 5) is 38.3. The Balaban J connectivity index is 1.82. The number of halogens is 3. The van der Waals surface area contributed by atoms with E-state index >= 15 is 0 Å². The molecular weight excluding hydrogens is 393 g/mol. The van der Waals surface area contributed by atoms with Crippen molar-refractivity contribution in [1.82, 2.24) is 0 Å². The second kappa shape index (κ2) is 5.45. The number of alkyl halides is 3. The van der Waals surface area contributed by atoms with Crippen molar-refractivity contribution in [2.24, 2.45) is 11.8 Å². The summed E-state index contributed by atoms with van der Waals surface area (Å²) in [5.74, 6) is -5.15. The van der Waals surface area contributed by atoms with Gasteiger partial charge in [0.2, 0.25) is 11.8 Å². The molecule has 4 rings (SSSR count). The lowest BCUT2D eigenvalue weighted by molar-refractivity contribution is -0.139. The average Bonchev–Trinajstić information content (AvgIpc) is 3.15. The van der Waals surface area contributed by atoms with Gasteiger partial charge in [0.1, 0.15) is 5.60 Å². The number of ether oxygens (including phenoxy) is 1. The first-order chi connectivity index (χ1) is 13.3. The van der Waals surface area contributed by atoms with Crippen LogP contribution in [-0.4, -0.2) is 34.1 Å². The summed E-state index contributed by atoms with van der Waals surface area (Å²) in [6.45, 7) is 2.86. The van der Waals surface area contributed by atoms with Gasteiger partial charge in [0.15, 0.2) is 0 Å². The quantitative estimate of drug-likeness (QED) is 0.755. The fourth-order valence-electron chi connectivity index (χ4n) is 4.69. The molecule has 4 atom stereocenters. The molecule has 2 fully saturated rings. The number of imide groups is 1. The maximum Gasteiger partial charge on any atom is 0.417 e. The number of carboxylic acid groups (broad SMARTS) is 1. The van der Waals surface area contributed by atoms with E-state index < -0.39 is 58.1 Å². The third-order valence-corrected chi connectivity index (χ3v) is 5.83. The molecule has 0 aliphatic carbocycles. The molecule has 29 heavy (non-hydrogen) atoms. The van der Waals surface area contributed by atoms with E-state index in [1.54, 1.807) is 0 Å². The summed E-state index contributed by atoms with van der Waals surface area (Å²) in [5.41, 5.74) is -5.35. The van der Waals surface area contributed by atoms with Crippen molar-refractivity contribution in [2.45, 2.75) is 31.2 Å². The molecule has 2 saturated heterocycles. The average molecular weight is 406 g/mol. The van der Waals surface area contributed by atoms with Crippen molar-refractivity contribution in [3.63, 3.8) is 0 Å². The predicted molar refractivity (Wildman–Crippen MR) is 89.2 cm³/mol. The number of aliphatic carboxylic acids is 1. The lowest BCUT2D eigenvalue weighted by Gasteiger charge is -2.27. The number of benzene rings is 1. The van der Waals surface area contributed by atoms with Gasteiger partial charge in [-0.2, -0.15) is 18.4 Å². The van der Waals surface area contributed by atoms with Crippen molar-refractivity contribution < 1.29 is 37.4 Å². The Bertz CT molecular complexity index is 1070. The van der Waals surface area contributed by atoms with Crippen molar-refractivity contribution >= 4 is 23.5 Å². The molecule has 2 amide bonds. The van der Waals surface area contributed by atoms with Crippen molar-refractivity contribution in [3.05, 3.63) is 41.0 Å². The smallest absolute Gasteiger partial charge is 0.417 e. The molecule has 0 saturated carbocycles. The molecule has 10 heteroatoms. The molecule has 150 valence electrons. The summed E-state index contributed by atoms with van der Waals surface area (Å²) in [5, 5.41) is 18.4. The van der Waals surface area contributed by atoms with Gasteiger partial charge in [0.25, 0.3) is 0 Å². The van der Waals surface area contributed by atoms with E-state index in [1.807, 2.05) is 0 Å². The zero-order chi connectivity index (χ0) is 21.5. The molecule has 0 aromatic heterocycles. The molecule has 1 aromatic carbocycles. The zero-order valence-electron chi connectivity index (χ0n) is 15.1. The van der Waals surface area contributed by atoms with E-state index in [-0.39, 0.29) is 11.3 Å². The minimum Gasteiger partial charge on any atom is -0.478 e. The van der Waals surface area contributed by atoms with Gasteiger partial charge in [-0.25, -0.2) is 9.69 Å². The molecule has 7 nitrogen and oxygen atoms in total. The van der Waals surface area contributed by atoms with E-state index in [1.165, 1.54) is 26.0 Å². The number of anilines is 1. The first-order valence-electron chi connectivity index (χ1n) is 8.51. The third kappa shape index (κ3) is 2.31. The first kappa shape index (κ1) is 19.1. The van der Waals surface area contributed by atoms with E-state index in [0.29, 0.717) is 11.0 Å². The number of carbonyl (C=O) groups excluding carboxylic acids is 2. The van der Waals surface area contributed by atoms with E-state index in [2.05, 4.69) is 0 Å². The first-order valence-corrected chi connectivity index (χ1v) is 8.51. The van der Waals surface area contributed by atoms with Crippen molar-refractivity contribution in [1.29, 1.82) is 5.26 Å². The number of nitrogens with zero attached hydrogens (tertiary/aromatic N) is 2. The Morgan fingerprint density at radius 2 is 1.86 bits per heavy atom. The minimum absolute atomic E-state index is 0.167. The summed E-state index contributed by atoms with van der Waals surface area (Å²) in [6.07, 6.45) is -3.58. The van der Waals surface area contributed by atoms with Gasteiger partial charge in [-0.15, -0.1) is 0 Å². The van der Waals surface area contributed by atoms with E-state index in [0.717, 1.165) is 12.1 Å². The maximum atomic E-state index is 13.3. The number of amides is 2. The highest BCUT2D eigenvalue weighted by molar-refractivity contribution is 6.24. The van der Waals surface area contributed by atoms with Gasteiger partial charge in [-0.1, -0.05) is 0 Å². The van der Waals surface area contributed by atoms with Crippen LogP contribution in [0.15, 0.2) is 29.8 Å². The number of hydrogen-bond donors (Lipinski definition) is 1. The van der Waals surface area contributed by atoms with Crippen LogP contribution in [0.5, 0.6) is 0 Å². The molecule has 3 aliphatic heterocycles. The second-order valence-electron chi connectivity index (χ2n) is 7.56. The Morgan fingerprint density at radius 3 is 2.41 bits per heavy atom. The number of hydrogen-bond acceptors (Lipinski definition) is 5. The Morgan fingerprint density at radius 1 is 1.24 bits per heavy atom. The van der Waals surface area contributed by atoms with Crippen molar-refractivity contribution in [2.75, 3.05) is 4.90 Å². The number of rotatable bonds is 2. The fourth-order valence-corrected chi connectivity index (χ4v) is 4.69. The normalized spacial score (nSPS) is 33.0. The Kier molecular flexibility index (Phi) is 3.60. The Hall–Kier alpha value is -3.19. The monoisotopic (exact) mass is 406 g/mol. The van der Waals surface area contributed by atoms with Crippen molar-refractivity contribution in [3.8, 4) is 6.07 Å². The Labute approximate surface area is 162 Å². The van der Waals surface area contributed by atoms with Crippen LogP contribution in [0.3, 0.4) is 0 Å². The standard InChI is InChI=1S/C19H13F3N2O5/c1-17-6-11(16(27)28)18(2,29-17)13-12(17)14(25)24(15(13)26)9-4-3-8(7-23)10(5-9)19(20,21)22/h3-6,12-13H,1-2H3,(H,27,28)/t12-,13+,17-,18+/m1/s1. The number of carbonyl (C=O) groups is 3. The molecule has 0 spiro atoms. The molecule has 2 bridgehead atoms. The highest BCUT2D eigenvalue weighted by Crippen LogP contribution is 2.60. The molecule has 1 N–H and O–H groups in total. The van der Waals surface area contributed by atoms with E-state index in [9.17, 15) is 32.7 Å². The molecule has 1 aromatic rings. The highest BCUT2D eigenvalue weighted by Gasteiger charge is 2.74. The topological polar surface area (TPSA) is 108 Å². The van der Waals surface area contributed by atoms with Crippen LogP contribution >= 0.6 is 0 Å².